The fourth-order valence-electron chi connectivity index (χ4n) is 3.40. The van der Waals surface area contributed by atoms with Gasteiger partial charge in [0.15, 0.2) is 17.2 Å². The van der Waals surface area contributed by atoms with E-state index in [1.54, 1.807) is 6.20 Å². The number of hydrogen-bond donors (Lipinski definition) is 0. The van der Waals surface area contributed by atoms with E-state index >= 15 is 0 Å². The molecular formula is C19H21N7O2. The van der Waals surface area contributed by atoms with Gasteiger partial charge in [0.25, 0.3) is 0 Å². The van der Waals surface area contributed by atoms with E-state index in [1.807, 2.05) is 48.8 Å². The van der Waals surface area contributed by atoms with E-state index in [9.17, 15) is 0 Å². The fourth-order valence-corrected chi connectivity index (χ4v) is 3.40. The Labute approximate surface area is 161 Å². The van der Waals surface area contributed by atoms with Crippen LogP contribution in [0.3, 0.4) is 0 Å². The molecule has 1 aliphatic rings. The predicted molar refractivity (Wildman–Crippen MR) is 106 cm³/mol. The summed E-state index contributed by atoms with van der Waals surface area (Å²) >= 11 is 0. The molecule has 0 bridgehead atoms. The van der Waals surface area contributed by atoms with Gasteiger partial charge in [0.1, 0.15) is 5.52 Å². The van der Waals surface area contributed by atoms with E-state index < -0.39 is 0 Å². The summed E-state index contributed by atoms with van der Waals surface area (Å²) in [6.07, 6.45) is 1.72. The first-order chi connectivity index (χ1) is 13.6. The second-order valence-electron chi connectivity index (χ2n) is 6.91. The Morgan fingerprint density at radius 2 is 2.00 bits per heavy atom. The molecule has 0 atom stereocenters. The van der Waals surface area contributed by atoms with Gasteiger partial charge in [0, 0.05) is 45.1 Å². The van der Waals surface area contributed by atoms with E-state index in [2.05, 4.69) is 15.0 Å². The molecule has 0 saturated carbocycles. The molecule has 0 aliphatic carbocycles. The standard InChI is InChI=1S/C19H21N7O2/c1-12-11-14(23-25(12)3)24(2)19-21-15-13-5-4-6-20-18(13)28-16(15)17(22-19)26-7-9-27-10-8-26/h4-6,11H,7-10H2,1-3H3. The van der Waals surface area contributed by atoms with Crippen molar-refractivity contribution in [3.8, 4) is 0 Å². The Kier molecular flexibility index (Phi) is 3.90. The summed E-state index contributed by atoms with van der Waals surface area (Å²) in [7, 11) is 3.84. The Morgan fingerprint density at radius 3 is 2.75 bits per heavy atom. The summed E-state index contributed by atoms with van der Waals surface area (Å²) in [5.74, 6) is 2.12. The summed E-state index contributed by atoms with van der Waals surface area (Å²) in [4.78, 5) is 18.1. The highest BCUT2D eigenvalue weighted by molar-refractivity contribution is 6.05. The van der Waals surface area contributed by atoms with Crippen LogP contribution in [0.5, 0.6) is 0 Å². The molecule has 1 fully saturated rings. The maximum Gasteiger partial charge on any atom is 0.233 e. The van der Waals surface area contributed by atoms with Crippen LogP contribution in [-0.4, -0.2) is 58.1 Å². The monoisotopic (exact) mass is 379 g/mol. The predicted octanol–water partition coefficient (Wildman–Crippen LogP) is 2.42. The van der Waals surface area contributed by atoms with Gasteiger partial charge < -0.3 is 14.1 Å². The van der Waals surface area contributed by atoms with Crippen molar-refractivity contribution in [2.75, 3.05) is 43.2 Å². The number of pyridine rings is 1. The van der Waals surface area contributed by atoms with Gasteiger partial charge in [-0.05, 0) is 19.1 Å². The Hall–Kier alpha value is -3.20. The van der Waals surface area contributed by atoms with Gasteiger partial charge in [-0.1, -0.05) is 0 Å². The number of morpholine rings is 1. The Morgan fingerprint density at radius 1 is 1.18 bits per heavy atom. The number of ether oxygens (including phenoxy) is 1. The minimum Gasteiger partial charge on any atom is -0.432 e. The smallest absolute Gasteiger partial charge is 0.233 e. The molecule has 4 aromatic rings. The van der Waals surface area contributed by atoms with Gasteiger partial charge >= 0.3 is 0 Å². The van der Waals surface area contributed by atoms with Crippen LogP contribution in [-0.2, 0) is 11.8 Å². The molecule has 9 heteroatoms. The lowest BCUT2D eigenvalue weighted by atomic mass is 10.3. The highest BCUT2D eigenvalue weighted by Gasteiger charge is 2.24. The van der Waals surface area contributed by atoms with Crippen molar-refractivity contribution in [3.05, 3.63) is 30.1 Å². The number of furan rings is 1. The second-order valence-corrected chi connectivity index (χ2v) is 6.91. The van der Waals surface area contributed by atoms with Crippen molar-refractivity contribution in [1.29, 1.82) is 0 Å². The minimum atomic E-state index is 0.565. The van der Waals surface area contributed by atoms with E-state index in [0.717, 1.165) is 41.3 Å². The molecule has 4 aromatic heterocycles. The lowest BCUT2D eigenvalue weighted by molar-refractivity contribution is 0.122. The molecule has 28 heavy (non-hydrogen) atoms. The maximum atomic E-state index is 6.04. The highest BCUT2D eigenvalue weighted by Crippen LogP contribution is 2.34. The van der Waals surface area contributed by atoms with Crippen LogP contribution in [0.25, 0.3) is 22.2 Å². The molecule has 0 unspecified atom stereocenters. The average molecular weight is 379 g/mol. The second kappa shape index (κ2) is 6.45. The van der Waals surface area contributed by atoms with Crippen LogP contribution < -0.4 is 9.80 Å². The lowest BCUT2D eigenvalue weighted by Gasteiger charge is -2.28. The van der Waals surface area contributed by atoms with Gasteiger partial charge in [-0.2, -0.15) is 10.1 Å². The van der Waals surface area contributed by atoms with Crippen LogP contribution in [0.2, 0.25) is 0 Å². The zero-order chi connectivity index (χ0) is 19.3. The minimum absolute atomic E-state index is 0.565. The molecule has 144 valence electrons. The SMILES string of the molecule is Cc1cc(N(C)c2nc(N3CCOCC3)c3oc4ncccc4c3n2)nn1C. The third-order valence-electron chi connectivity index (χ3n) is 5.12. The quantitative estimate of drug-likeness (QED) is 0.536. The summed E-state index contributed by atoms with van der Waals surface area (Å²) in [5, 5.41) is 5.43. The van der Waals surface area contributed by atoms with Crippen molar-refractivity contribution in [2.45, 2.75) is 6.92 Å². The maximum absolute atomic E-state index is 6.04. The van der Waals surface area contributed by atoms with E-state index in [-0.39, 0.29) is 0 Å². The first-order valence-electron chi connectivity index (χ1n) is 9.24. The van der Waals surface area contributed by atoms with Crippen LogP contribution >= 0.6 is 0 Å². The summed E-state index contributed by atoms with van der Waals surface area (Å²) in [6.45, 7) is 4.84. The fraction of sp³-hybridized carbons (Fsp3) is 0.368. The first-order valence-corrected chi connectivity index (χ1v) is 9.24. The third-order valence-corrected chi connectivity index (χ3v) is 5.12. The molecule has 1 aliphatic heterocycles. The molecule has 5 heterocycles. The topological polar surface area (TPSA) is 85.3 Å². The Bertz CT molecular complexity index is 1140. The molecule has 0 spiro atoms. The van der Waals surface area contributed by atoms with Crippen molar-refractivity contribution >= 4 is 39.8 Å². The van der Waals surface area contributed by atoms with E-state index in [0.29, 0.717) is 30.5 Å². The summed E-state index contributed by atoms with van der Waals surface area (Å²) in [5.41, 5.74) is 3.04. The third kappa shape index (κ3) is 2.66. The van der Waals surface area contributed by atoms with Crippen molar-refractivity contribution in [1.82, 2.24) is 24.7 Å². The van der Waals surface area contributed by atoms with Gasteiger partial charge in [-0.25, -0.2) is 9.97 Å². The normalized spacial score (nSPS) is 14.9. The number of nitrogens with zero attached hydrogens (tertiary/aromatic N) is 7. The summed E-state index contributed by atoms with van der Waals surface area (Å²) in [6, 6.07) is 5.87. The number of aromatic nitrogens is 5. The van der Waals surface area contributed by atoms with Crippen molar-refractivity contribution in [3.63, 3.8) is 0 Å². The highest BCUT2D eigenvalue weighted by atomic mass is 16.5. The van der Waals surface area contributed by atoms with Crippen LogP contribution in [0, 0.1) is 6.92 Å². The molecule has 0 N–H and O–H groups in total. The van der Waals surface area contributed by atoms with Crippen LogP contribution in [0.4, 0.5) is 17.6 Å². The molecular weight excluding hydrogens is 358 g/mol. The number of rotatable bonds is 3. The largest absolute Gasteiger partial charge is 0.432 e. The van der Waals surface area contributed by atoms with E-state index in [4.69, 9.17) is 19.1 Å². The van der Waals surface area contributed by atoms with Crippen molar-refractivity contribution in [2.24, 2.45) is 7.05 Å². The van der Waals surface area contributed by atoms with E-state index in [1.165, 1.54) is 0 Å². The van der Waals surface area contributed by atoms with Gasteiger partial charge in [-0.15, -0.1) is 0 Å². The van der Waals surface area contributed by atoms with Crippen LogP contribution in [0.15, 0.2) is 28.8 Å². The number of anilines is 3. The molecule has 0 amide bonds. The van der Waals surface area contributed by atoms with Gasteiger partial charge in [-0.3, -0.25) is 9.58 Å². The number of hydrogen-bond acceptors (Lipinski definition) is 8. The zero-order valence-electron chi connectivity index (χ0n) is 16.1. The van der Waals surface area contributed by atoms with Gasteiger partial charge in [0.05, 0.1) is 18.6 Å². The Balaban J connectivity index is 1.71. The van der Waals surface area contributed by atoms with Gasteiger partial charge in [0.2, 0.25) is 11.7 Å². The molecule has 0 aromatic carbocycles. The zero-order valence-corrected chi connectivity index (χ0v) is 16.1. The summed E-state index contributed by atoms with van der Waals surface area (Å²) < 4.78 is 13.4. The molecule has 1 saturated heterocycles. The molecule has 5 rings (SSSR count). The lowest BCUT2D eigenvalue weighted by Crippen LogP contribution is -2.37. The molecule has 0 radical (unpaired) electrons. The average Bonchev–Trinajstić information content (AvgIpc) is 3.27. The first kappa shape index (κ1) is 16.9. The number of aryl methyl sites for hydroxylation is 2. The number of fused-ring (bicyclic) bond motifs is 3. The van der Waals surface area contributed by atoms with Crippen LogP contribution in [0.1, 0.15) is 5.69 Å². The van der Waals surface area contributed by atoms with Crippen molar-refractivity contribution < 1.29 is 9.15 Å². The molecule has 9 nitrogen and oxygen atoms in total.